The van der Waals surface area contributed by atoms with Crippen LogP contribution in [-0.2, 0) is 0 Å². The van der Waals surface area contributed by atoms with Crippen molar-refractivity contribution in [2.24, 2.45) is 0 Å². The van der Waals surface area contributed by atoms with E-state index >= 15 is 0 Å². The van der Waals surface area contributed by atoms with Gasteiger partial charge in [0, 0.05) is 32.3 Å². The van der Waals surface area contributed by atoms with Gasteiger partial charge in [0.05, 0.1) is 5.52 Å². The van der Waals surface area contributed by atoms with Crippen LogP contribution in [0.2, 0.25) is 5.02 Å². The predicted molar refractivity (Wildman–Crippen MR) is 129 cm³/mol. The van der Waals surface area contributed by atoms with E-state index in [9.17, 15) is 0 Å². The SMILES string of the molecule is Clc1ccc(-c2ccccc2-c2cccc3c2[nH]c2ccccc23)c2ccccc12. The van der Waals surface area contributed by atoms with Gasteiger partial charge in [-0.1, -0.05) is 103 Å². The van der Waals surface area contributed by atoms with Crippen molar-refractivity contribution in [3.63, 3.8) is 0 Å². The van der Waals surface area contributed by atoms with Gasteiger partial charge in [0.25, 0.3) is 0 Å². The molecule has 142 valence electrons. The van der Waals surface area contributed by atoms with Crippen LogP contribution in [0.4, 0.5) is 0 Å². The highest BCUT2D eigenvalue weighted by molar-refractivity contribution is 6.36. The number of aromatic nitrogens is 1. The van der Waals surface area contributed by atoms with Gasteiger partial charge in [0.2, 0.25) is 0 Å². The lowest BCUT2D eigenvalue weighted by molar-refractivity contribution is 1.53. The fraction of sp³-hybridized carbons (Fsp3) is 0. The first-order valence-electron chi connectivity index (χ1n) is 10.1. The van der Waals surface area contributed by atoms with Crippen molar-refractivity contribution in [3.8, 4) is 22.3 Å². The van der Waals surface area contributed by atoms with Crippen LogP contribution in [-0.4, -0.2) is 4.98 Å². The first-order valence-corrected chi connectivity index (χ1v) is 10.5. The molecule has 0 radical (unpaired) electrons. The Balaban J connectivity index is 1.68. The summed E-state index contributed by atoms with van der Waals surface area (Å²) in [4.78, 5) is 3.65. The Kier molecular flexibility index (Phi) is 3.90. The average molecular weight is 404 g/mol. The number of nitrogens with one attached hydrogen (secondary N) is 1. The molecule has 0 aliphatic rings. The van der Waals surface area contributed by atoms with Gasteiger partial charge < -0.3 is 4.98 Å². The molecule has 0 unspecified atom stereocenters. The molecule has 0 amide bonds. The Morgan fingerprint density at radius 1 is 0.433 bits per heavy atom. The summed E-state index contributed by atoms with van der Waals surface area (Å²) < 4.78 is 0. The molecular weight excluding hydrogens is 386 g/mol. The number of fused-ring (bicyclic) bond motifs is 4. The van der Waals surface area contributed by atoms with Gasteiger partial charge in [0.15, 0.2) is 0 Å². The Labute approximate surface area is 179 Å². The summed E-state index contributed by atoms with van der Waals surface area (Å²) >= 11 is 6.49. The molecule has 6 aromatic rings. The van der Waals surface area contributed by atoms with E-state index in [1.165, 1.54) is 43.9 Å². The molecule has 0 spiro atoms. The molecule has 0 bridgehead atoms. The zero-order valence-electron chi connectivity index (χ0n) is 16.2. The van der Waals surface area contributed by atoms with E-state index in [4.69, 9.17) is 11.6 Å². The number of hydrogen-bond donors (Lipinski definition) is 1. The lowest BCUT2D eigenvalue weighted by atomic mass is 9.90. The molecule has 0 atom stereocenters. The van der Waals surface area contributed by atoms with Gasteiger partial charge in [-0.25, -0.2) is 0 Å². The second-order valence-electron chi connectivity index (χ2n) is 7.58. The summed E-state index contributed by atoms with van der Waals surface area (Å²) in [6, 6.07) is 36.1. The number of para-hydroxylation sites is 2. The zero-order valence-corrected chi connectivity index (χ0v) is 16.9. The summed E-state index contributed by atoms with van der Waals surface area (Å²) in [7, 11) is 0. The summed E-state index contributed by atoms with van der Waals surface area (Å²) in [5, 5.41) is 5.53. The third-order valence-corrected chi connectivity index (χ3v) is 6.25. The summed E-state index contributed by atoms with van der Waals surface area (Å²) in [6.45, 7) is 0. The quantitative estimate of drug-likeness (QED) is 0.298. The number of aromatic amines is 1. The van der Waals surface area contributed by atoms with E-state index in [1.807, 2.05) is 12.1 Å². The topological polar surface area (TPSA) is 15.8 Å². The predicted octanol–water partition coefficient (Wildman–Crippen LogP) is 8.46. The van der Waals surface area contributed by atoms with Crippen molar-refractivity contribution in [1.29, 1.82) is 0 Å². The second kappa shape index (κ2) is 6.76. The highest BCUT2D eigenvalue weighted by Gasteiger charge is 2.15. The van der Waals surface area contributed by atoms with E-state index in [0.717, 1.165) is 15.9 Å². The van der Waals surface area contributed by atoms with Crippen molar-refractivity contribution in [3.05, 3.63) is 108 Å². The Morgan fingerprint density at radius 3 is 1.87 bits per heavy atom. The molecule has 5 aromatic carbocycles. The van der Waals surface area contributed by atoms with Crippen LogP contribution >= 0.6 is 11.6 Å². The molecule has 6 rings (SSSR count). The molecule has 0 saturated carbocycles. The van der Waals surface area contributed by atoms with Gasteiger partial charge in [-0.2, -0.15) is 0 Å². The normalized spacial score (nSPS) is 11.5. The molecule has 1 aromatic heterocycles. The molecule has 0 aliphatic heterocycles. The van der Waals surface area contributed by atoms with E-state index in [2.05, 4.69) is 96.0 Å². The average Bonchev–Trinajstić information content (AvgIpc) is 3.19. The highest BCUT2D eigenvalue weighted by atomic mass is 35.5. The molecule has 2 heteroatoms. The van der Waals surface area contributed by atoms with Gasteiger partial charge >= 0.3 is 0 Å². The standard InChI is InChI=1S/C28H18ClN/c29-26-17-16-21(19-9-3-4-11-22(19)26)18-8-1-2-10-20(18)24-13-7-14-25-23-12-5-6-15-27(23)30-28(24)25/h1-17,30H. The van der Waals surface area contributed by atoms with Crippen molar-refractivity contribution in [2.45, 2.75) is 0 Å². The van der Waals surface area contributed by atoms with E-state index in [0.29, 0.717) is 0 Å². The molecule has 0 saturated heterocycles. The maximum absolute atomic E-state index is 6.49. The number of hydrogen-bond acceptors (Lipinski definition) is 0. The minimum Gasteiger partial charge on any atom is -0.354 e. The number of H-pyrrole nitrogens is 1. The third-order valence-electron chi connectivity index (χ3n) is 5.92. The number of rotatable bonds is 2. The fourth-order valence-corrected chi connectivity index (χ4v) is 4.78. The molecule has 1 heterocycles. The van der Waals surface area contributed by atoms with Crippen LogP contribution < -0.4 is 0 Å². The molecule has 30 heavy (non-hydrogen) atoms. The largest absolute Gasteiger partial charge is 0.354 e. The smallest absolute Gasteiger partial charge is 0.0544 e. The maximum Gasteiger partial charge on any atom is 0.0544 e. The molecule has 0 aliphatic carbocycles. The first kappa shape index (κ1) is 17.3. The van der Waals surface area contributed by atoms with E-state index in [1.54, 1.807) is 0 Å². The summed E-state index contributed by atoms with van der Waals surface area (Å²) in [6.07, 6.45) is 0. The van der Waals surface area contributed by atoms with Crippen LogP contribution in [0.15, 0.2) is 103 Å². The lowest BCUT2D eigenvalue weighted by Crippen LogP contribution is -1.88. The van der Waals surface area contributed by atoms with Crippen molar-refractivity contribution < 1.29 is 0 Å². The number of halogens is 1. The van der Waals surface area contributed by atoms with Crippen molar-refractivity contribution in [2.75, 3.05) is 0 Å². The number of benzene rings is 5. The first-order chi connectivity index (χ1) is 14.8. The van der Waals surface area contributed by atoms with Crippen LogP contribution in [0.1, 0.15) is 0 Å². The third kappa shape index (κ3) is 2.56. The molecule has 1 nitrogen and oxygen atoms in total. The minimum absolute atomic E-state index is 0.782. The summed E-state index contributed by atoms with van der Waals surface area (Å²) in [5.41, 5.74) is 7.15. The van der Waals surface area contributed by atoms with Crippen LogP contribution in [0.25, 0.3) is 54.8 Å². The van der Waals surface area contributed by atoms with E-state index < -0.39 is 0 Å². The zero-order chi connectivity index (χ0) is 20.1. The summed E-state index contributed by atoms with van der Waals surface area (Å²) in [5.74, 6) is 0. The van der Waals surface area contributed by atoms with Gasteiger partial charge in [-0.05, 0) is 34.2 Å². The Morgan fingerprint density at radius 2 is 1.03 bits per heavy atom. The van der Waals surface area contributed by atoms with Crippen molar-refractivity contribution >= 4 is 44.2 Å². The second-order valence-corrected chi connectivity index (χ2v) is 7.99. The highest BCUT2D eigenvalue weighted by Crippen LogP contribution is 2.41. The van der Waals surface area contributed by atoms with Crippen molar-refractivity contribution in [1.82, 2.24) is 4.98 Å². The van der Waals surface area contributed by atoms with Crippen LogP contribution in [0, 0.1) is 0 Å². The van der Waals surface area contributed by atoms with Crippen LogP contribution in [0.5, 0.6) is 0 Å². The molecular formula is C28H18ClN. The maximum atomic E-state index is 6.49. The fourth-order valence-electron chi connectivity index (χ4n) is 4.55. The monoisotopic (exact) mass is 403 g/mol. The Hall–Kier alpha value is -3.55. The van der Waals surface area contributed by atoms with Gasteiger partial charge in [-0.3, -0.25) is 0 Å². The lowest BCUT2D eigenvalue weighted by Gasteiger charge is -2.14. The Bertz CT molecular complexity index is 1560. The van der Waals surface area contributed by atoms with Crippen LogP contribution in [0.3, 0.4) is 0 Å². The van der Waals surface area contributed by atoms with E-state index in [-0.39, 0.29) is 0 Å². The van der Waals surface area contributed by atoms with Gasteiger partial charge in [0.1, 0.15) is 0 Å². The molecule has 0 fully saturated rings. The minimum atomic E-state index is 0.782. The molecule has 1 N–H and O–H groups in total. The van der Waals surface area contributed by atoms with Gasteiger partial charge in [-0.15, -0.1) is 0 Å².